The van der Waals surface area contributed by atoms with Crippen molar-refractivity contribution in [3.8, 4) is 22.8 Å². The zero-order chi connectivity index (χ0) is 25.9. The van der Waals surface area contributed by atoms with Gasteiger partial charge in [0, 0.05) is 23.6 Å². The average Bonchev–Trinajstić information content (AvgIpc) is 3.36. The summed E-state index contributed by atoms with van der Waals surface area (Å²) in [6.07, 6.45) is 8.43. The number of amides is 1. The Bertz CT molecular complexity index is 1310. The molecular formula is C28H30N6O2S. The summed E-state index contributed by atoms with van der Waals surface area (Å²) in [6, 6.07) is 19.5. The normalized spacial score (nSPS) is 11.1. The third-order valence-electron chi connectivity index (χ3n) is 5.50. The Labute approximate surface area is 221 Å². The van der Waals surface area contributed by atoms with E-state index < -0.39 is 0 Å². The molecule has 0 radical (unpaired) electrons. The zero-order valence-corrected chi connectivity index (χ0v) is 21.8. The van der Waals surface area contributed by atoms with Crippen LogP contribution in [0.4, 0.5) is 0 Å². The molecule has 8 nitrogen and oxygen atoms in total. The van der Waals surface area contributed by atoms with Crippen LogP contribution in [0.5, 0.6) is 5.75 Å². The van der Waals surface area contributed by atoms with Gasteiger partial charge in [0.1, 0.15) is 5.75 Å². The number of carbonyl (C=O) groups is 1. The highest BCUT2D eigenvalue weighted by atomic mass is 32.2. The molecule has 4 rings (SSSR count). The lowest BCUT2D eigenvalue weighted by Gasteiger charge is -2.10. The van der Waals surface area contributed by atoms with E-state index in [1.165, 1.54) is 24.6 Å². The number of hydrogen-bond donors (Lipinski definition) is 1. The molecule has 0 atom stereocenters. The first-order chi connectivity index (χ1) is 18.1. The van der Waals surface area contributed by atoms with Crippen molar-refractivity contribution in [2.75, 3.05) is 12.4 Å². The molecule has 37 heavy (non-hydrogen) atoms. The molecule has 2 aromatic heterocycles. The van der Waals surface area contributed by atoms with Crippen LogP contribution in [0, 0.1) is 6.92 Å². The van der Waals surface area contributed by atoms with E-state index in [-0.39, 0.29) is 11.7 Å². The van der Waals surface area contributed by atoms with Gasteiger partial charge in [-0.2, -0.15) is 5.10 Å². The minimum absolute atomic E-state index is 0.141. The number of hydrogen-bond acceptors (Lipinski definition) is 7. The number of nitrogens with zero attached hydrogens (tertiary/aromatic N) is 5. The largest absolute Gasteiger partial charge is 0.494 e. The van der Waals surface area contributed by atoms with Gasteiger partial charge in [-0.3, -0.25) is 14.3 Å². The number of thioether (sulfide) groups is 1. The second-order valence-corrected chi connectivity index (χ2v) is 9.36. The number of aromatic nitrogens is 4. The maximum atomic E-state index is 12.5. The number of benzene rings is 2. The van der Waals surface area contributed by atoms with Gasteiger partial charge in [-0.25, -0.2) is 5.43 Å². The summed E-state index contributed by atoms with van der Waals surface area (Å²) in [5.74, 6) is 1.42. The first-order valence-corrected chi connectivity index (χ1v) is 13.2. The van der Waals surface area contributed by atoms with Crippen LogP contribution < -0.4 is 10.2 Å². The Morgan fingerprint density at radius 3 is 2.51 bits per heavy atom. The van der Waals surface area contributed by atoms with Crippen molar-refractivity contribution in [3.05, 3.63) is 84.2 Å². The van der Waals surface area contributed by atoms with Gasteiger partial charge in [0.25, 0.3) is 5.91 Å². The van der Waals surface area contributed by atoms with Crippen molar-refractivity contribution in [3.63, 3.8) is 0 Å². The Kier molecular flexibility index (Phi) is 9.42. The molecule has 0 aliphatic carbocycles. The van der Waals surface area contributed by atoms with Crippen molar-refractivity contribution in [1.29, 1.82) is 0 Å². The molecule has 0 saturated carbocycles. The van der Waals surface area contributed by atoms with Crippen molar-refractivity contribution in [1.82, 2.24) is 25.2 Å². The van der Waals surface area contributed by atoms with E-state index in [0.29, 0.717) is 11.0 Å². The number of hydrazone groups is 1. The molecular weight excluding hydrogens is 484 g/mol. The first-order valence-electron chi connectivity index (χ1n) is 12.2. The quantitative estimate of drug-likeness (QED) is 0.117. The highest BCUT2D eigenvalue weighted by molar-refractivity contribution is 7.99. The summed E-state index contributed by atoms with van der Waals surface area (Å²) < 4.78 is 7.67. The van der Waals surface area contributed by atoms with Crippen LogP contribution in [0.1, 0.15) is 37.3 Å². The summed E-state index contributed by atoms with van der Waals surface area (Å²) in [4.78, 5) is 16.6. The minimum Gasteiger partial charge on any atom is -0.494 e. The van der Waals surface area contributed by atoms with Gasteiger partial charge in [0.2, 0.25) is 0 Å². The van der Waals surface area contributed by atoms with E-state index in [1.807, 2.05) is 72.2 Å². The van der Waals surface area contributed by atoms with E-state index >= 15 is 0 Å². The SMILES string of the molecule is CCCCCOc1ccc(/C=N/NC(=O)CSc2nnc(-c3ccncc3)n2-c2ccc(C)cc2)cc1. The van der Waals surface area contributed by atoms with E-state index in [2.05, 4.69) is 32.6 Å². The molecule has 9 heteroatoms. The number of carbonyl (C=O) groups excluding carboxylic acids is 1. The van der Waals surface area contributed by atoms with Crippen LogP contribution >= 0.6 is 11.8 Å². The van der Waals surface area contributed by atoms with Crippen LogP contribution in [-0.2, 0) is 4.79 Å². The average molecular weight is 515 g/mol. The number of ether oxygens (including phenoxy) is 1. The third-order valence-corrected chi connectivity index (χ3v) is 6.42. The Hall–Kier alpha value is -3.98. The van der Waals surface area contributed by atoms with Gasteiger partial charge < -0.3 is 4.74 Å². The molecule has 0 spiro atoms. The van der Waals surface area contributed by atoms with Crippen LogP contribution in [0.25, 0.3) is 17.1 Å². The molecule has 1 N–H and O–H groups in total. The van der Waals surface area contributed by atoms with Crippen molar-refractivity contribution in [2.24, 2.45) is 5.10 Å². The molecule has 0 aliphatic heterocycles. The van der Waals surface area contributed by atoms with E-state index in [1.54, 1.807) is 18.6 Å². The fourth-order valence-corrected chi connectivity index (χ4v) is 4.26. The smallest absolute Gasteiger partial charge is 0.250 e. The molecule has 190 valence electrons. The highest BCUT2D eigenvalue weighted by Gasteiger charge is 2.17. The Balaban J connectivity index is 1.36. The zero-order valence-electron chi connectivity index (χ0n) is 21.0. The van der Waals surface area contributed by atoms with E-state index in [4.69, 9.17) is 4.74 Å². The standard InChI is InChI=1S/C28H30N6O2S/c1-3-4-5-18-36-25-12-8-22(9-13-25)19-30-31-26(35)20-37-28-33-32-27(23-14-16-29-17-15-23)34(28)24-10-6-21(2)7-11-24/h6-17,19H,3-5,18,20H2,1-2H3,(H,31,35)/b30-19+. The van der Waals surface area contributed by atoms with Crippen molar-refractivity contribution >= 4 is 23.9 Å². The number of nitrogens with one attached hydrogen (secondary N) is 1. The number of rotatable bonds is 12. The second kappa shape index (κ2) is 13.4. The Morgan fingerprint density at radius 1 is 1.03 bits per heavy atom. The summed E-state index contributed by atoms with van der Waals surface area (Å²) in [5, 5.41) is 13.4. The number of aryl methyl sites for hydroxylation is 1. The number of pyridine rings is 1. The van der Waals surface area contributed by atoms with Gasteiger partial charge in [0.05, 0.1) is 18.6 Å². The van der Waals surface area contributed by atoms with Crippen LogP contribution in [0.3, 0.4) is 0 Å². The molecule has 0 aliphatic rings. The van der Waals surface area contributed by atoms with Gasteiger partial charge in [-0.05, 0) is 67.4 Å². The van der Waals surface area contributed by atoms with Gasteiger partial charge in [0.15, 0.2) is 11.0 Å². The lowest BCUT2D eigenvalue weighted by molar-refractivity contribution is -0.118. The highest BCUT2D eigenvalue weighted by Crippen LogP contribution is 2.27. The number of unbranched alkanes of at least 4 members (excludes halogenated alkanes) is 2. The molecule has 4 aromatic rings. The van der Waals surface area contributed by atoms with Crippen molar-refractivity contribution < 1.29 is 9.53 Å². The topological polar surface area (TPSA) is 94.3 Å². The maximum absolute atomic E-state index is 12.5. The molecule has 0 unspecified atom stereocenters. The Morgan fingerprint density at radius 2 is 1.78 bits per heavy atom. The lowest BCUT2D eigenvalue weighted by Crippen LogP contribution is -2.20. The second-order valence-electron chi connectivity index (χ2n) is 8.42. The van der Waals surface area contributed by atoms with E-state index in [9.17, 15) is 4.79 Å². The summed E-state index contributed by atoms with van der Waals surface area (Å²) in [5.41, 5.74) is 6.42. The molecule has 0 fully saturated rings. The monoisotopic (exact) mass is 514 g/mol. The minimum atomic E-state index is -0.235. The van der Waals surface area contributed by atoms with Crippen LogP contribution in [0.2, 0.25) is 0 Å². The molecule has 2 heterocycles. The van der Waals surface area contributed by atoms with Crippen LogP contribution in [-0.4, -0.2) is 44.2 Å². The predicted molar refractivity (Wildman–Crippen MR) is 147 cm³/mol. The summed E-state index contributed by atoms with van der Waals surface area (Å²) in [7, 11) is 0. The fraction of sp³-hybridized carbons (Fsp3) is 0.250. The molecule has 2 aromatic carbocycles. The van der Waals surface area contributed by atoms with E-state index in [0.717, 1.165) is 41.2 Å². The predicted octanol–water partition coefficient (Wildman–Crippen LogP) is 5.45. The molecule has 0 bridgehead atoms. The third kappa shape index (κ3) is 7.50. The summed E-state index contributed by atoms with van der Waals surface area (Å²) in [6.45, 7) is 4.93. The van der Waals surface area contributed by atoms with Gasteiger partial charge in [-0.15, -0.1) is 10.2 Å². The molecule has 0 saturated heterocycles. The van der Waals surface area contributed by atoms with Gasteiger partial charge in [-0.1, -0.05) is 49.2 Å². The first kappa shape index (κ1) is 26.1. The van der Waals surface area contributed by atoms with Gasteiger partial charge >= 0.3 is 0 Å². The van der Waals surface area contributed by atoms with Crippen LogP contribution in [0.15, 0.2) is 83.3 Å². The fourth-order valence-electron chi connectivity index (χ4n) is 3.51. The molecule has 1 amide bonds. The maximum Gasteiger partial charge on any atom is 0.250 e. The summed E-state index contributed by atoms with van der Waals surface area (Å²) >= 11 is 1.30. The lowest BCUT2D eigenvalue weighted by atomic mass is 10.2. The van der Waals surface area contributed by atoms with Crippen molar-refractivity contribution in [2.45, 2.75) is 38.3 Å².